The first kappa shape index (κ1) is 16.9. The first-order valence-corrected chi connectivity index (χ1v) is 6.92. The maximum Gasteiger partial charge on any atom is 0.518 e. The van der Waals surface area contributed by atoms with Crippen molar-refractivity contribution in [3.05, 3.63) is 50.6 Å². The number of ether oxygens (including phenoxy) is 4. The number of para-hydroxylation sites is 1. The molecule has 2 aromatic rings. The lowest BCUT2D eigenvalue weighted by molar-refractivity contribution is -0.600. The Hall–Kier alpha value is -3.96. The van der Waals surface area contributed by atoms with Gasteiger partial charge in [0.2, 0.25) is 12.5 Å². The summed E-state index contributed by atoms with van der Waals surface area (Å²) in [5.74, 6) is 0.217. The lowest BCUT2D eigenvalue weighted by Crippen LogP contribution is -2.27. The van der Waals surface area contributed by atoms with Crippen LogP contribution in [0.3, 0.4) is 0 Å². The topological polar surface area (TPSA) is 164 Å². The van der Waals surface area contributed by atoms with Crippen LogP contribution in [-0.2, 0) is 0 Å². The lowest BCUT2D eigenvalue weighted by atomic mass is 10.2. The van der Waals surface area contributed by atoms with Crippen LogP contribution < -0.4 is 18.9 Å². The highest BCUT2D eigenvalue weighted by Gasteiger charge is 2.35. The average Bonchev–Trinajstić information content (AvgIpc) is 3.21. The van der Waals surface area contributed by atoms with Crippen LogP contribution in [0.25, 0.3) is 0 Å². The maximum atomic E-state index is 10.4. The normalized spacial score (nSPS) is 15.8. The SMILES string of the molecule is O=[N+]([O-])C1Oc2cccc(O)c2O1.O=[N+]([O-])c1cc2c(cc1O)OCO2. The molecule has 136 valence electrons. The molecule has 12 heteroatoms. The monoisotopic (exact) mass is 366 g/mol. The first-order chi connectivity index (χ1) is 12.4. The largest absolute Gasteiger partial charge is 0.518 e. The molecule has 2 aliphatic rings. The van der Waals surface area contributed by atoms with Crippen molar-refractivity contribution in [2.45, 2.75) is 6.41 Å². The molecule has 2 heterocycles. The number of nitro groups is 2. The van der Waals surface area contributed by atoms with Gasteiger partial charge in [0.1, 0.15) is 4.92 Å². The highest BCUT2D eigenvalue weighted by Crippen LogP contribution is 2.42. The van der Waals surface area contributed by atoms with Crippen LogP contribution in [0, 0.1) is 20.2 Å². The molecule has 0 saturated carbocycles. The number of hydrogen-bond donors (Lipinski definition) is 2. The van der Waals surface area contributed by atoms with E-state index < -0.39 is 22.0 Å². The molecule has 0 saturated heterocycles. The van der Waals surface area contributed by atoms with Crippen LogP contribution in [0.5, 0.6) is 34.5 Å². The summed E-state index contributed by atoms with van der Waals surface area (Å²) >= 11 is 0. The number of phenols is 2. The van der Waals surface area contributed by atoms with Crippen LogP contribution in [0.1, 0.15) is 0 Å². The number of nitrogens with zero attached hydrogens (tertiary/aromatic N) is 2. The van der Waals surface area contributed by atoms with E-state index >= 15 is 0 Å². The smallest absolute Gasteiger partial charge is 0.504 e. The van der Waals surface area contributed by atoms with Crippen molar-refractivity contribution in [1.82, 2.24) is 0 Å². The molecule has 12 nitrogen and oxygen atoms in total. The summed E-state index contributed by atoms with van der Waals surface area (Å²) in [6.07, 6.45) is -1.55. The van der Waals surface area contributed by atoms with Crippen molar-refractivity contribution in [3.63, 3.8) is 0 Å². The Balaban J connectivity index is 0.000000151. The first-order valence-electron chi connectivity index (χ1n) is 6.92. The molecule has 2 aromatic carbocycles. The van der Waals surface area contributed by atoms with Gasteiger partial charge in [0, 0.05) is 6.07 Å². The average molecular weight is 366 g/mol. The van der Waals surface area contributed by atoms with Crippen LogP contribution in [-0.4, -0.2) is 33.3 Å². The van der Waals surface area contributed by atoms with E-state index in [4.69, 9.17) is 24.1 Å². The molecule has 0 amide bonds. The van der Waals surface area contributed by atoms with E-state index in [0.29, 0.717) is 5.75 Å². The summed E-state index contributed by atoms with van der Waals surface area (Å²) in [5, 5.41) is 39.0. The third-order valence-corrected chi connectivity index (χ3v) is 3.24. The quantitative estimate of drug-likeness (QED) is 0.591. The second-order valence-electron chi connectivity index (χ2n) is 4.88. The predicted octanol–water partition coefficient (Wildman–Crippen LogP) is 1.75. The van der Waals surface area contributed by atoms with Crippen molar-refractivity contribution >= 4 is 5.69 Å². The third-order valence-electron chi connectivity index (χ3n) is 3.24. The van der Waals surface area contributed by atoms with E-state index in [1.165, 1.54) is 24.3 Å². The van der Waals surface area contributed by atoms with Gasteiger partial charge in [-0.1, -0.05) is 6.07 Å². The van der Waals surface area contributed by atoms with Crippen LogP contribution in [0.15, 0.2) is 30.3 Å². The van der Waals surface area contributed by atoms with E-state index in [0.717, 1.165) is 6.07 Å². The minimum Gasteiger partial charge on any atom is -0.504 e. The molecule has 2 N–H and O–H groups in total. The zero-order valence-electron chi connectivity index (χ0n) is 12.7. The van der Waals surface area contributed by atoms with Gasteiger partial charge in [-0.05, 0) is 12.1 Å². The van der Waals surface area contributed by atoms with Gasteiger partial charge >= 0.3 is 12.1 Å². The molecule has 0 radical (unpaired) electrons. The molecule has 1 atom stereocenters. The Morgan fingerprint density at radius 3 is 2.27 bits per heavy atom. The number of aromatic hydroxyl groups is 2. The van der Waals surface area contributed by atoms with Crippen LogP contribution >= 0.6 is 0 Å². The Kier molecular flexibility index (Phi) is 4.22. The summed E-state index contributed by atoms with van der Waals surface area (Å²) in [5.41, 5.74) is -0.385. The summed E-state index contributed by atoms with van der Waals surface area (Å²) < 4.78 is 19.3. The number of phenolic OH excluding ortho intramolecular Hbond substituents is 2. The maximum absolute atomic E-state index is 10.4. The van der Waals surface area contributed by atoms with Gasteiger partial charge in [-0.15, -0.1) is 0 Å². The van der Waals surface area contributed by atoms with Gasteiger partial charge in [0.05, 0.1) is 11.0 Å². The van der Waals surface area contributed by atoms with Crippen molar-refractivity contribution < 1.29 is 39.0 Å². The molecule has 26 heavy (non-hydrogen) atoms. The Labute approximate surface area is 144 Å². The van der Waals surface area contributed by atoms with E-state index in [2.05, 4.69) is 0 Å². The third kappa shape index (κ3) is 3.15. The van der Waals surface area contributed by atoms with Crippen LogP contribution in [0.2, 0.25) is 0 Å². The van der Waals surface area contributed by atoms with Crippen molar-refractivity contribution in [2.75, 3.05) is 6.79 Å². The zero-order valence-corrected chi connectivity index (χ0v) is 12.7. The molecular formula is C14H10N2O10. The Morgan fingerprint density at radius 1 is 0.962 bits per heavy atom. The molecule has 0 aliphatic carbocycles. The summed E-state index contributed by atoms with van der Waals surface area (Å²) in [6, 6.07) is 6.67. The molecular weight excluding hydrogens is 356 g/mol. The molecule has 2 aliphatic heterocycles. The molecule has 4 rings (SSSR count). The number of fused-ring (bicyclic) bond motifs is 2. The molecule has 1 unspecified atom stereocenters. The fraction of sp³-hybridized carbons (Fsp3) is 0.143. The van der Waals surface area contributed by atoms with Crippen molar-refractivity contribution in [3.8, 4) is 34.5 Å². The standard InChI is InChI=1S/2C7H5NO5/c9-5-2-7-6(12-3-13-7)1-4(5)8(10)11;9-4-2-1-3-5-6(4)13-7(12-5)8(10)11/h1-2,9H,3H2;1-3,7,9H. The number of hydrogen-bond acceptors (Lipinski definition) is 10. The van der Waals surface area contributed by atoms with Gasteiger partial charge in [0.25, 0.3) is 0 Å². The molecule has 0 spiro atoms. The van der Waals surface area contributed by atoms with Gasteiger partial charge in [-0.2, -0.15) is 0 Å². The number of nitro benzene ring substituents is 1. The second kappa shape index (κ2) is 6.51. The predicted molar refractivity (Wildman–Crippen MR) is 81.0 cm³/mol. The highest BCUT2D eigenvalue weighted by molar-refractivity contribution is 5.58. The zero-order chi connectivity index (χ0) is 18.8. The minimum atomic E-state index is -1.55. The summed E-state index contributed by atoms with van der Waals surface area (Å²) in [7, 11) is 0. The van der Waals surface area contributed by atoms with Gasteiger partial charge < -0.3 is 29.2 Å². The molecule has 0 aromatic heterocycles. The summed E-state index contributed by atoms with van der Waals surface area (Å²) in [6.45, 7) is 0.0238. The Bertz CT molecular complexity index is 884. The second-order valence-corrected chi connectivity index (χ2v) is 4.88. The van der Waals surface area contributed by atoms with E-state index in [9.17, 15) is 25.3 Å². The van der Waals surface area contributed by atoms with E-state index in [-0.39, 0.29) is 35.5 Å². The van der Waals surface area contributed by atoms with Gasteiger partial charge in [-0.25, -0.2) is 0 Å². The lowest BCUT2D eigenvalue weighted by Gasteiger charge is -1.98. The van der Waals surface area contributed by atoms with Crippen molar-refractivity contribution in [2.24, 2.45) is 0 Å². The Morgan fingerprint density at radius 2 is 1.65 bits per heavy atom. The van der Waals surface area contributed by atoms with Crippen molar-refractivity contribution in [1.29, 1.82) is 0 Å². The minimum absolute atomic E-state index is 0.0178. The molecule has 0 bridgehead atoms. The van der Waals surface area contributed by atoms with Gasteiger partial charge in [-0.3, -0.25) is 20.2 Å². The summed E-state index contributed by atoms with van der Waals surface area (Å²) in [4.78, 5) is 19.2. The number of rotatable bonds is 2. The number of benzene rings is 2. The van der Waals surface area contributed by atoms with Gasteiger partial charge in [0.15, 0.2) is 28.7 Å². The van der Waals surface area contributed by atoms with Crippen LogP contribution in [0.4, 0.5) is 5.69 Å². The fourth-order valence-corrected chi connectivity index (χ4v) is 2.10. The molecule has 0 fully saturated rings. The van der Waals surface area contributed by atoms with E-state index in [1.807, 2.05) is 0 Å². The van der Waals surface area contributed by atoms with E-state index in [1.54, 1.807) is 0 Å². The highest BCUT2D eigenvalue weighted by atomic mass is 16.8. The fourth-order valence-electron chi connectivity index (χ4n) is 2.10.